The Labute approximate surface area is 158 Å². The van der Waals surface area contributed by atoms with Crippen LogP contribution in [0.5, 0.6) is 0 Å². The van der Waals surface area contributed by atoms with Crippen molar-refractivity contribution < 1.29 is 4.39 Å². The highest BCUT2D eigenvalue weighted by atomic mass is 19.1. The fourth-order valence-corrected chi connectivity index (χ4v) is 2.75. The highest BCUT2D eigenvalue weighted by Gasteiger charge is 2.08. The molecule has 0 spiro atoms. The maximum absolute atomic E-state index is 13.0. The number of benzene rings is 2. The lowest BCUT2D eigenvalue weighted by Crippen LogP contribution is -2.22. The SMILES string of the molecule is CN(CCCc1ccccc1)Cc1nc(N)nc(Nc2ccc(F)cc2)n1. The summed E-state index contributed by atoms with van der Waals surface area (Å²) in [5, 5.41) is 3.02. The van der Waals surface area contributed by atoms with Crippen LogP contribution < -0.4 is 11.1 Å². The predicted octanol–water partition coefficient (Wildman–Crippen LogP) is 3.40. The molecule has 0 fully saturated rings. The number of rotatable bonds is 8. The number of nitrogens with two attached hydrogens (primary N) is 1. The first-order valence-electron chi connectivity index (χ1n) is 8.84. The maximum atomic E-state index is 13.0. The molecule has 7 heteroatoms. The van der Waals surface area contributed by atoms with E-state index in [1.54, 1.807) is 12.1 Å². The van der Waals surface area contributed by atoms with Gasteiger partial charge in [0.1, 0.15) is 11.6 Å². The summed E-state index contributed by atoms with van der Waals surface area (Å²) in [4.78, 5) is 14.9. The Morgan fingerprint density at radius 1 is 1.00 bits per heavy atom. The number of hydrogen-bond acceptors (Lipinski definition) is 6. The third-order valence-corrected chi connectivity index (χ3v) is 4.06. The Morgan fingerprint density at radius 2 is 1.74 bits per heavy atom. The van der Waals surface area contributed by atoms with E-state index in [1.807, 2.05) is 13.1 Å². The van der Waals surface area contributed by atoms with Gasteiger partial charge in [-0.05, 0) is 56.3 Å². The summed E-state index contributed by atoms with van der Waals surface area (Å²) >= 11 is 0. The van der Waals surface area contributed by atoms with E-state index in [2.05, 4.69) is 49.4 Å². The molecule has 1 heterocycles. The summed E-state index contributed by atoms with van der Waals surface area (Å²) in [5.74, 6) is 0.798. The van der Waals surface area contributed by atoms with E-state index in [0.29, 0.717) is 24.0 Å². The topological polar surface area (TPSA) is 80.0 Å². The van der Waals surface area contributed by atoms with E-state index in [0.717, 1.165) is 19.4 Å². The fraction of sp³-hybridized carbons (Fsp3) is 0.250. The Kier molecular flexibility index (Phi) is 6.27. The van der Waals surface area contributed by atoms with E-state index >= 15 is 0 Å². The molecule has 1 aromatic heterocycles. The van der Waals surface area contributed by atoms with E-state index in [-0.39, 0.29) is 11.8 Å². The monoisotopic (exact) mass is 366 g/mol. The summed E-state index contributed by atoms with van der Waals surface area (Å²) in [7, 11) is 2.03. The van der Waals surface area contributed by atoms with Crippen LogP contribution in [0.1, 0.15) is 17.8 Å². The van der Waals surface area contributed by atoms with Crippen LogP contribution in [0.15, 0.2) is 54.6 Å². The van der Waals surface area contributed by atoms with E-state index in [9.17, 15) is 4.39 Å². The van der Waals surface area contributed by atoms with Gasteiger partial charge in [0.25, 0.3) is 0 Å². The van der Waals surface area contributed by atoms with Crippen molar-refractivity contribution in [2.24, 2.45) is 0 Å². The van der Waals surface area contributed by atoms with Crippen LogP contribution in [0.2, 0.25) is 0 Å². The molecule has 6 nitrogen and oxygen atoms in total. The number of anilines is 3. The summed E-state index contributed by atoms with van der Waals surface area (Å²) in [6.45, 7) is 1.49. The largest absolute Gasteiger partial charge is 0.368 e. The molecule has 0 atom stereocenters. The molecule has 3 N–H and O–H groups in total. The summed E-state index contributed by atoms with van der Waals surface area (Å²) in [6.07, 6.45) is 2.07. The van der Waals surface area contributed by atoms with Crippen LogP contribution in [0.4, 0.5) is 22.0 Å². The highest BCUT2D eigenvalue weighted by molar-refractivity contribution is 5.53. The quantitative estimate of drug-likeness (QED) is 0.636. The van der Waals surface area contributed by atoms with Crippen LogP contribution >= 0.6 is 0 Å². The molecule has 3 aromatic rings. The van der Waals surface area contributed by atoms with Crippen LogP contribution in [-0.4, -0.2) is 33.4 Å². The van der Waals surface area contributed by atoms with E-state index in [4.69, 9.17) is 5.73 Å². The molecular weight excluding hydrogens is 343 g/mol. The van der Waals surface area contributed by atoms with Gasteiger partial charge < -0.3 is 11.1 Å². The number of nitrogens with zero attached hydrogens (tertiary/aromatic N) is 4. The van der Waals surface area contributed by atoms with Gasteiger partial charge in [-0.3, -0.25) is 4.90 Å². The standard InChI is InChI=1S/C20H23FN6/c1-27(13-5-8-15-6-3-2-4-7-15)14-18-24-19(22)26-20(25-18)23-17-11-9-16(21)10-12-17/h2-4,6-7,9-12H,5,8,13-14H2,1H3,(H3,22,23,24,25,26). The van der Waals surface area contributed by atoms with Crippen LogP contribution in [0.25, 0.3) is 0 Å². The van der Waals surface area contributed by atoms with Crippen molar-refractivity contribution in [1.82, 2.24) is 19.9 Å². The smallest absolute Gasteiger partial charge is 0.232 e. The molecule has 0 amide bonds. The number of aromatic nitrogens is 3. The van der Waals surface area contributed by atoms with Gasteiger partial charge >= 0.3 is 0 Å². The second kappa shape index (κ2) is 9.05. The minimum atomic E-state index is -0.298. The third kappa shape index (κ3) is 6.00. The number of halogens is 1. The second-order valence-electron chi connectivity index (χ2n) is 6.39. The van der Waals surface area contributed by atoms with Crippen molar-refractivity contribution in [3.8, 4) is 0 Å². The normalized spacial score (nSPS) is 10.9. The lowest BCUT2D eigenvalue weighted by atomic mass is 10.1. The first kappa shape index (κ1) is 18.7. The zero-order valence-electron chi connectivity index (χ0n) is 15.3. The third-order valence-electron chi connectivity index (χ3n) is 4.06. The van der Waals surface area contributed by atoms with Gasteiger partial charge in [-0.25, -0.2) is 4.39 Å². The lowest BCUT2D eigenvalue weighted by molar-refractivity contribution is 0.314. The molecule has 0 bridgehead atoms. The van der Waals surface area contributed by atoms with Gasteiger partial charge in [0.15, 0.2) is 0 Å². The number of hydrogen-bond donors (Lipinski definition) is 2. The van der Waals surface area contributed by atoms with Gasteiger partial charge in [-0.15, -0.1) is 0 Å². The van der Waals surface area contributed by atoms with Crippen molar-refractivity contribution in [2.45, 2.75) is 19.4 Å². The molecule has 0 aliphatic carbocycles. The number of aryl methyl sites for hydroxylation is 1. The highest BCUT2D eigenvalue weighted by Crippen LogP contribution is 2.14. The van der Waals surface area contributed by atoms with E-state index < -0.39 is 0 Å². The molecule has 0 aliphatic rings. The van der Waals surface area contributed by atoms with Crippen molar-refractivity contribution in [3.63, 3.8) is 0 Å². The average molecular weight is 366 g/mol. The Hall–Kier alpha value is -3.06. The van der Waals surface area contributed by atoms with Gasteiger partial charge in [-0.2, -0.15) is 15.0 Å². The van der Waals surface area contributed by atoms with Crippen molar-refractivity contribution in [3.05, 3.63) is 71.8 Å². The van der Waals surface area contributed by atoms with Crippen LogP contribution in [0.3, 0.4) is 0 Å². The summed E-state index contributed by atoms with van der Waals surface area (Å²) < 4.78 is 13.0. The number of nitrogen functional groups attached to an aromatic ring is 1. The molecular formula is C20H23FN6. The molecule has 2 aromatic carbocycles. The molecule has 0 saturated carbocycles. The molecule has 0 unspecified atom stereocenters. The molecule has 0 saturated heterocycles. The summed E-state index contributed by atoms with van der Waals surface area (Å²) in [5.41, 5.74) is 7.83. The van der Waals surface area contributed by atoms with E-state index in [1.165, 1.54) is 17.7 Å². The average Bonchev–Trinajstić information content (AvgIpc) is 2.64. The molecule has 0 radical (unpaired) electrons. The Bertz CT molecular complexity index is 854. The van der Waals surface area contributed by atoms with Crippen molar-refractivity contribution >= 4 is 17.6 Å². The second-order valence-corrected chi connectivity index (χ2v) is 6.39. The van der Waals surface area contributed by atoms with Gasteiger partial charge in [0.05, 0.1) is 6.54 Å². The van der Waals surface area contributed by atoms with Gasteiger partial charge in [0.2, 0.25) is 11.9 Å². The maximum Gasteiger partial charge on any atom is 0.232 e. The number of nitrogens with one attached hydrogen (secondary N) is 1. The van der Waals surface area contributed by atoms with Crippen molar-refractivity contribution in [1.29, 1.82) is 0 Å². The molecule has 27 heavy (non-hydrogen) atoms. The molecule has 0 aliphatic heterocycles. The van der Waals surface area contributed by atoms with Gasteiger partial charge in [0, 0.05) is 5.69 Å². The molecule has 3 rings (SSSR count). The first-order valence-corrected chi connectivity index (χ1v) is 8.84. The van der Waals surface area contributed by atoms with Crippen LogP contribution in [0, 0.1) is 5.82 Å². The Balaban J connectivity index is 1.56. The van der Waals surface area contributed by atoms with Crippen molar-refractivity contribution in [2.75, 3.05) is 24.6 Å². The first-order chi connectivity index (χ1) is 13.1. The summed E-state index contributed by atoms with van der Waals surface area (Å²) in [6, 6.07) is 16.4. The predicted molar refractivity (Wildman–Crippen MR) is 105 cm³/mol. The lowest BCUT2D eigenvalue weighted by Gasteiger charge is -2.16. The van der Waals surface area contributed by atoms with Crippen LogP contribution in [-0.2, 0) is 13.0 Å². The minimum Gasteiger partial charge on any atom is -0.368 e. The zero-order chi connectivity index (χ0) is 19.1. The zero-order valence-corrected chi connectivity index (χ0v) is 15.3. The van der Waals surface area contributed by atoms with Gasteiger partial charge in [-0.1, -0.05) is 30.3 Å². The Morgan fingerprint density at radius 3 is 2.48 bits per heavy atom. The fourth-order valence-electron chi connectivity index (χ4n) is 2.75. The molecule has 140 valence electrons. The minimum absolute atomic E-state index is 0.155.